The van der Waals surface area contributed by atoms with Crippen molar-refractivity contribution in [3.05, 3.63) is 54.1 Å². The lowest BCUT2D eigenvalue weighted by atomic mass is 10.1. The number of amides is 2. The molecule has 0 radical (unpaired) electrons. The van der Waals surface area contributed by atoms with Crippen molar-refractivity contribution in [1.82, 2.24) is 5.32 Å². The summed E-state index contributed by atoms with van der Waals surface area (Å²) in [4.78, 5) is 24.3. The molecule has 2 aromatic rings. The molecule has 0 saturated carbocycles. The van der Waals surface area contributed by atoms with Crippen LogP contribution in [0, 0.1) is 5.92 Å². The lowest BCUT2D eigenvalue weighted by molar-refractivity contribution is -0.114. The summed E-state index contributed by atoms with van der Waals surface area (Å²) in [6.07, 6.45) is 1.75. The standard InChI is InChI=1S/C24H33N3O4/c1-18(2)12-15-31-22-7-4-6-21(16-22)27-23(28)17-26-20-10-8-19(9-11-20)24(29)25-13-5-14-30-3/h4,6-11,16,18,26H,5,12-15,17H2,1-3H3,(H,25,29)(H,27,28). The molecular formula is C24H33N3O4. The van der Waals surface area contributed by atoms with Crippen LogP contribution in [0.4, 0.5) is 11.4 Å². The summed E-state index contributed by atoms with van der Waals surface area (Å²) in [7, 11) is 1.63. The predicted molar refractivity (Wildman–Crippen MR) is 124 cm³/mol. The second-order valence-electron chi connectivity index (χ2n) is 7.64. The molecule has 7 heteroatoms. The molecule has 2 rings (SSSR count). The van der Waals surface area contributed by atoms with E-state index in [2.05, 4.69) is 29.8 Å². The fraction of sp³-hybridized carbons (Fsp3) is 0.417. The van der Waals surface area contributed by atoms with Gasteiger partial charge in [-0.2, -0.15) is 0 Å². The van der Waals surface area contributed by atoms with Crippen molar-refractivity contribution >= 4 is 23.2 Å². The first-order valence-corrected chi connectivity index (χ1v) is 10.6. The van der Waals surface area contributed by atoms with Gasteiger partial charge in [-0.3, -0.25) is 9.59 Å². The van der Waals surface area contributed by atoms with Gasteiger partial charge in [0.25, 0.3) is 5.91 Å². The van der Waals surface area contributed by atoms with Gasteiger partial charge in [-0.1, -0.05) is 19.9 Å². The van der Waals surface area contributed by atoms with Crippen LogP contribution in [0.5, 0.6) is 5.75 Å². The highest BCUT2D eigenvalue weighted by molar-refractivity contribution is 5.95. The average molecular weight is 428 g/mol. The normalized spacial score (nSPS) is 10.6. The molecule has 31 heavy (non-hydrogen) atoms. The minimum atomic E-state index is -0.167. The molecule has 0 atom stereocenters. The van der Waals surface area contributed by atoms with Crippen molar-refractivity contribution < 1.29 is 19.1 Å². The smallest absolute Gasteiger partial charge is 0.251 e. The topological polar surface area (TPSA) is 88.7 Å². The summed E-state index contributed by atoms with van der Waals surface area (Å²) in [5, 5.41) is 8.76. The minimum Gasteiger partial charge on any atom is -0.494 e. The third kappa shape index (κ3) is 9.53. The molecule has 0 bridgehead atoms. The fourth-order valence-corrected chi connectivity index (χ4v) is 2.72. The highest BCUT2D eigenvalue weighted by Gasteiger charge is 2.07. The highest BCUT2D eigenvalue weighted by atomic mass is 16.5. The first kappa shape index (κ1) is 24.2. The second kappa shape index (κ2) is 13.3. The van der Waals surface area contributed by atoms with E-state index in [1.165, 1.54) is 0 Å². The number of methoxy groups -OCH3 is 1. The number of rotatable bonds is 13. The highest BCUT2D eigenvalue weighted by Crippen LogP contribution is 2.18. The minimum absolute atomic E-state index is 0.112. The Balaban J connectivity index is 1.76. The summed E-state index contributed by atoms with van der Waals surface area (Å²) >= 11 is 0. The van der Waals surface area contributed by atoms with Gasteiger partial charge in [0.15, 0.2) is 0 Å². The monoisotopic (exact) mass is 427 g/mol. The third-order valence-electron chi connectivity index (χ3n) is 4.49. The maximum atomic E-state index is 12.3. The van der Waals surface area contributed by atoms with Crippen LogP contribution in [0.3, 0.4) is 0 Å². The van der Waals surface area contributed by atoms with Gasteiger partial charge in [-0.15, -0.1) is 0 Å². The third-order valence-corrected chi connectivity index (χ3v) is 4.49. The van der Waals surface area contributed by atoms with E-state index in [1.54, 1.807) is 31.4 Å². The average Bonchev–Trinajstić information content (AvgIpc) is 2.75. The van der Waals surface area contributed by atoms with Crippen LogP contribution >= 0.6 is 0 Å². The van der Waals surface area contributed by atoms with Crippen molar-refractivity contribution in [3.8, 4) is 5.75 Å². The van der Waals surface area contributed by atoms with Gasteiger partial charge in [0, 0.05) is 43.3 Å². The van der Waals surface area contributed by atoms with Crippen LogP contribution in [-0.4, -0.2) is 45.2 Å². The van der Waals surface area contributed by atoms with Crippen molar-refractivity contribution in [2.45, 2.75) is 26.7 Å². The molecule has 0 heterocycles. The van der Waals surface area contributed by atoms with Gasteiger partial charge in [-0.05, 0) is 55.2 Å². The summed E-state index contributed by atoms with van der Waals surface area (Å²) in [6.45, 7) is 6.25. The molecule has 0 aliphatic carbocycles. The lowest BCUT2D eigenvalue weighted by Crippen LogP contribution is -2.25. The molecular weight excluding hydrogens is 394 g/mol. The molecule has 7 nitrogen and oxygen atoms in total. The van der Waals surface area contributed by atoms with Crippen molar-refractivity contribution in [1.29, 1.82) is 0 Å². The predicted octanol–water partition coefficient (Wildman–Crippen LogP) is 3.93. The summed E-state index contributed by atoms with van der Waals surface area (Å²) in [6, 6.07) is 14.4. The van der Waals surface area contributed by atoms with Gasteiger partial charge < -0.3 is 25.4 Å². The lowest BCUT2D eigenvalue weighted by Gasteiger charge is -2.11. The van der Waals surface area contributed by atoms with Gasteiger partial charge in [0.05, 0.1) is 13.2 Å². The molecule has 3 N–H and O–H groups in total. The van der Waals surface area contributed by atoms with E-state index in [-0.39, 0.29) is 18.4 Å². The van der Waals surface area contributed by atoms with Gasteiger partial charge in [0.1, 0.15) is 5.75 Å². The van der Waals surface area contributed by atoms with E-state index in [0.29, 0.717) is 36.9 Å². The van der Waals surface area contributed by atoms with E-state index in [1.807, 2.05) is 24.3 Å². The second-order valence-corrected chi connectivity index (χ2v) is 7.64. The van der Waals surface area contributed by atoms with Gasteiger partial charge in [0.2, 0.25) is 5.91 Å². The number of anilines is 2. The number of carbonyl (C=O) groups excluding carboxylic acids is 2. The van der Waals surface area contributed by atoms with E-state index in [4.69, 9.17) is 9.47 Å². The summed E-state index contributed by atoms with van der Waals surface area (Å²) in [5.41, 5.74) is 2.02. The van der Waals surface area contributed by atoms with Crippen LogP contribution in [0.25, 0.3) is 0 Å². The molecule has 168 valence electrons. The largest absolute Gasteiger partial charge is 0.494 e. The first-order valence-electron chi connectivity index (χ1n) is 10.6. The molecule has 0 aliphatic heterocycles. The van der Waals surface area contributed by atoms with E-state index in [0.717, 1.165) is 24.3 Å². The maximum Gasteiger partial charge on any atom is 0.251 e. The number of hydrogen-bond donors (Lipinski definition) is 3. The molecule has 0 fully saturated rings. The molecule has 0 unspecified atom stereocenters. The summed E-state index contributed by atoms with van der Waals surface area (Å²) < 4.78 is 10.7. The maximum absolute atomic E-state index is 12.3. The van der Waals surface area contributed by atoms with Crippen LogP contribution < -0.4 is 20.7 Å². The van der Waals surface area contributed by atoms with Crippen LogP contribution in [0.15, 0.2) is 48.5 Å². The van der Waals surface area contributed by atoms with Gasteiger partial charge >= 0.3 is 0 Å². The number of ether oxygens (including phenoxy) is 2. The Morgan fingerprint density at radius 1 is 1.00 bits per heavy atom. The summed E-state index contributed by atoms with van der Waals surface area (Å²) in [5.74, 6) is 1.02. The molecule has 0 aliphatic rings. The zero-order valence-corrected chi connectivity index (χ0v) is 18.6. The Hall–Kier alpha value is -3.06. The van der Waals surface area contributed by atoms with E-state index < -0.39 is 0 Å². The van der Waals surface area contributed by atoms with Crippen LogP contribution in [0.1, 0.15) is 37.0 Å². The quantitative estimate of drug-likeness (QED) is 0.422. The SMILES string of the molecule is COCCCNC(=O)c1ccc(NCC(=O)Nc2cccc(OCCC(C)C)c2)cc1. The Morgan fingerprint density at radius 2 is 1.77 bits per heavy atom. The zero-order chi connectivity index (χ0) is 22.5. The van der Waals surface area contributed by atoms with Crippen molar-refractivity contribution in [2.75, 3.05) is 44.0 Å². The first-order chi connectivity index (χ1) is 15.0. The number of nitrogens with one attached hydrogen (secondary N) is 3. The van der Waals surface area contributed by atoms with E-state index >= 15 is 0 Å². The van der Waals surface area contributed by atoms with Crippen molar-refractivity contribution in [3.63, 3.8) is 0 Å². The van der Waals surface area contributed by atoms with Crippen LogP contribution in [0.2, 0.25) is 0 Å². The van der Waals surface area contributed by atoms with Crippen molar-refractivity contribution in [2.24, 2.45) is 5.92 Å². The molecule has 2 amide bonds. The Bertz CT molecular complexity index is 822. The molecule has 2 aromatic carbocycles. The molecule has 0 spiro atoms. The van der Waals surface area contributed by atoms with E-state index in [9.17, 15) is 9.59 Å². The fourth-order valence-electron chi connectivity index (χ4n) is 2.72. The van der Waals surface area contributed by atoms with Crippen LogP contribution in [-0.2, 0) is 9.53 Å². The van der Waals surface area contributed by atoms with Gasteiger partial charge in [-0.25, -0.2) is 0 Å². The Kier molecular flexibility index (Phi) is 10.4. The molecule has 0 saturated heterocycles. The Labute approximate surface area is 184 Å². The Morgan fingerprint density at radius 3 is 2.48 bits per heavy atom. The molecule has 0 aromatic heterocycles. The number of benzene rings is 2. The number of carbonyl (C=O) groups is 2. The number of hydrogen-bond acceptors (Lipinski definition) is 5. The zero-order valence-electron chi connectivity index (χ0n) is 18.6.